The molecule has 0 spiro atoms. The zero-order chi connectivity index (χ0) is 19.8. The van der Waals surface area contributed by atoms with E-state index >= 15 is 0 Å². The number of fused-ring (bicyclic) bond motifs is 1. The summed E-state index contributed by atoms with van der Waals surface area (Å²) in [6.45, 7) is 3.69. The Balaban J connectivity index is 1.64. The molecule has 148 valence electrons. The number of para-hydroxylation sites is 1. The van der Waals surface area contributed by atoms with E-state index in [1.807, 2.05) is 30.3 Å². The fraction of sp³-hybridized carbons (Fsp3) is 0.292. The zero-order valence-electron chi connectivity index (χ0n) is 16.8. The van der Waals surface area contributed by atoms with Crippen molar-refractivity contribution in [1.29, 1.82) is 0 Å². The van der Waals surface area contributed by atoms with Gasteiger partial charge >= 0.3 is 0 Å². The molecule has 2 atom stereocenters. The van der Waals surface area contributed by atoms with E-state index in [1.165, 1.54) is 0 Å². The van der Waals surface area contributed by atoms with Gasteiger partial charge in [0.25, 0.3) is 0 Å². The van der Waals surface area contributed by atoms with Crippen LogP contribution in [0.15, 0.2) is 60.8 Å². The van der Waals surface area contributed by atoms with Crippen molar-refractivity contribution in [2.45, 2.75) is 25.3 Å². The van der Waals surface area contributed by atoms with Gasteiger partial charge in [0.1, 0.15) is 17.1 Å². The molecule has 2 aromatic carbocycles. The molecule has 0 aliphatic carbocycles. The van der Waals surface area contributed by atoms with Crippen LogP contribution in [-0.4, -0.2) is 41.2 Å². The van der Waals surface area contributed by atoms with Crippen molar-refractivity contribution in [3.63, 3.8) is 0 Å². The number of allylic oxidation sites excluding steroid dienone is 2. The summed E-state index contributed by atoms with van der Waals surface area (Å²) in [6.07, 6.45) is 7.54. The SMILES string of the molecule is CC1C=CC(c2ccc3[nH]c(C4CCOC4)nc3c2Oc2ccccc2)=CN1C. The van der Waals surface area contributed by atoms with E-state index in [9.17, 15) is 0 Å². The third-order valence-corrected chi connectivity index (χ3v) is 5.76. The topological polar surface area (TPSA) is 50.4 Å². The molecule has 29 heavy (non-hydrogen) atoms. The Morgan fingerprint density at radius 2 is 2.03 bits per heavy atom. The van der Waals surface area contributed by atoms with Crippen molar-refractivity contribution < 1.29 is 9.47 Å². The molecule has 1 saturated heterocycles. The molecule has 2 unspecified atom stereocenters. The van der Waals surface area contributed by atoms with Crippen molar-refractivity contribution in [3.05, 3.63) is 72.2 Å². The average Bonchev–Trinajstić information content (AvgIpc) is 3.41. The minimum absolute atomic E-state index is 0.316. The quantitative estimate of drug-likeness (QED) is 0.677. The summed E-state index contributed by atoms with van der Waals surface area (Å²) >= 11 is 0. The van der Waals surface area contributed by atoms with Gasteiger partial charge in [0, 0.05) is 43.0 Å². The van der Waals surface area contributed by atoms with Crippen molar-refractivity contribution in [1.82, 2.24) is 14.9 Å². The van der Waals surface area contributed by atoms with Crippen LogP contribution in [-0.2, 0) is 4.74 Å². The fourth-order valence-electron chi connectivity index (χ4n) is 3.87. The summed E-state index contributed by atoms with van der Waals surface area (Å²) in [5, 5.41) is 0. The van der Waals surface area contributed by atoms with Gasteiger partial charge in [0.05, 0.1) is 12.1 Å². The summed E-state index contributed by atoms with van der Waals surface area (Å²) in [6, 6.07) is 14.5. The van der Waals surface area contributed by atoms with Gasteiger partial charge in [0.15, 0.2) is 5.75 Å². The van der Waals surface area contributed by atoms with Gasteiger partial charge in [-0.15, -0.1) is 0 Å². The van der Waals surface area contributed by atoms with Crippen molar-refractivity contribution >= 4 is 16.6 Å². The number of aromatic amines is 1. The monoisotopic (exact) mass is 387 g/mol. The average molecular weight is 387 g/mol. The Labute approximate surface area is 170 Å². The summed E-state index contributed by atoms with van der Waals surface area (Å²) < 4.78 is 12.0. The molecule has 1 aromatic heterocycles. The van der Waals surface area contributed by atoms with E-state index < -0.39 is 0 Å². The third kappa shape index (κ3) is 3.42. The summed E-state index contributed by atoms with van der Waals surface area (Å²) in [7, 11) is 2.09. The maximum Gasteiger partial charge on any atom is 0.163 e. The van der Waals surface area contributed by atoms with Crippen LogP contribution < -0.4 is 4.74 Å². The lowest BCUT2D eigenvalue weighted by Crippen LogP contribution is -2.24. The number of hydrogen-bond donors (Lipinski definition) is 1. The lowest BCUT2D eigenvalue weighted by Gasteiger charge is -2.25. The molecular formula is C24H25N3O2. The predicted octanol–water partition coefficient (Wildman–Crippen LogP) is 5.09. The maximum atomic E-state index is 6.41. The van der Waals surface area contributed by atoms with E-state index in [-0.39, 0.29) is 0 Å². The highest BCUT2D eigenvalue weighted by Gasteiger charge is 2.24. The molecule has 5 rings (SSSR count). The lowest BCUT2D eigenvalue weighted by atomic mass is 10.0. The first-order valence-electron chi connectivity index (χ1n) is 10.1. The molecule has 2 aliphatic rings. The highest BCUT2D eigenvalue weighted by Crippen LogP contribution is 2.39. The first kappa shape index (κ1) is 18.0. The highest BCUT2D eigenvalue weighted by atomic mass is 16.5. The standard InChI is InChI=1S/C24H25N3O2/c1-16-8-9-17(14-27(16)2)20-10-11-21-22(23(20)29-19-6-4-3-5-7-19)26-24(25-21)18-12-13-28-15-18/h3-11,14,16,18H,12-13,15H2,1-2H3,(H,25,26). The number of aromatic nitrogens is 2. The van der Waals surface area contributed by atoms with E-state index in [0.717, 1.165) is 59.1 Å². The number of ether oxygens (including phenoxy) is 2. The zero-order valence-corrected chi connectivity index (χ0v) is 16.8. The minimum Gasteiger partial charge on any atom is -0.454 e. The second-order valence-corrected chi connectivity index (χ2v) is 7.79. The summed E-state index contributed by atoms with van der Waals surface area (Å²) in [5.74, 6) is 2.88. The fourth-order valence-corrected chi connectivity index (χ4v) is 3.87. The molecule has 0 amide bonds. The van der Waals surface area contributed by atoms with E-state index in [0.29, 0.717) is 12.0 Å². The predicted molar refractivity (Wildman–Crippen MR) is 115 cm³/mol. The van der Waals surface area contributed by atoms with Gasteiger partial charge in [-0.2, -0.15) is 0 Å². The Morgan fingerprint density at radius 3 is 2.79 bits per heavy atom. The third-order valence-electron chi connectivity index (χ3n) is 5.76. The van der Waals surface area contributed by atoms with Crippen LogP contribution in [0.5, 0.6) is 11.5 Å². The summed E-state index contributed by atoms with van der Waals surface area (Å²) in [5.41, 5.74) is 4.01. The van der Waals surface area contributed by atoms with Crippen LogP contribution in [0.25, 0.3) is 16.6 Å². The Bertz CT molecular complexity index is 1080. The number of hydrogen-bond acceptors (Lipinski definition) is 4. The number of benzene rings is 2. The van der Waals surface area contributed by atoms with Crippen LogP contribution in [0.2, 0.25) is 0 Å². The smallest absolute Gasteiger partial charge is 0.163 e. The van der Waals surface area contributed by atoms with Crippen molar-refractivity contribution in [2.24, 2.45) is 0 Å². The second-order valence-electron chi connectivity index (χ2n) is 7.79. The van der Waals surface area contributed by atoms with Gasteiger partial charge < -0.3 is 19.4 Å². The van der Waals surface area contributed by atoms with Gasteiger partial charge in [-0.1, -0.05) is 30.4 Å². The van der Waals surface area contributed by atoms with Crippen LogP contribution in [0.4, 0.5) is 0 Å². The molecule has 0 saturated carbocycles. The molecular weight excluding hydrogens is 362 g/mol. The molecule has 0 bridgehead atoms. The normalized spacial score (nSPS) is 21.6. The summed E-state index contributed by atoms with van der Waals surface area (Å²) in [4.78, 5) is 10.7. The van der Waals surface area contributed by atoms with Gasteiger partial charge in [-0.05, 0) is 37.6 Å². The largest absolute Gasteiger partial charge is 0.454 e. The maximum absolute atomic E-state index is 6.41. The highest BCUT2D eigenvalue weighted by molar-refractivity contribution is 5.91. The molecule has 2 aliphatic heterocycles. The molecule has 5 heteroatoms. The first-order chi connectivity index (χ1) is 14.2. The number of rotatable bonds is 4. The van der Waals surface area contributed by atoms with Crippen LogP contribution >= 0.6 is 0 Å². The number of imidazole rings is 1. The number of nitrogens with zero attached hydrogens (tertiary/aromatic N) is 2. The van der Waals surface area contributed by atoms with Crippen LogP contribution in [0.1, 0.15) is 30.7 Å². The molecule has 3 aromatic rings. The van der Waals surface area contributed by atoms with Crippen LogP contribution in [0.3, 0.4) is 0 Å². The number of H-pyrrole nitrogens is 1. The molecule has 1 N–H and O–H groups in total. The molecule has 0 radical (unpaired) electrons. The van der Waals surface area contributed by atoms with Crippen molar-refractivity contribution in [2.75, 3.05) is 20.3 Å². The first-order valence-corrected chi connectivity index (χ1v) is 10.1. The van der Waals surface area contributed by atoms with Crippen molar-refractivity contribution in [3.8, 4) is 11.5 Å². The number of likely N-dealkylation sites (N-methyl/N-ethyl adjacent to an activating group) is 1. The molecule has 3 heterocycles. The lowest BCUT2D eigenvalue weighted by molar-refractivity contribution is 0.193. The number of nitrogens with one attached hydrogen (secondary N) is 1. The van der Waals surface area contributed by atoms with Gasteiger partial charge in [-0.3, -0.25) is 0 Å². The Kier molecular flexibility index (Phi) is 4.60. The minimum atomic E-state index is 0.316. The van der Waals surface area contributed by atoms with Gasteiger partial charge in [-0.25, -0.2) is 4.98 Å². The van der Waals surface area contributed by atoms with Gasteiger partial charge in [0.2, 0.25) is 0 Å². The Morgan fingerprint density at radius 1 is 1.17 bits per heavy atom. The van der Waals surface area contributed by atoms with E-state index in [4.69, 9.17) is 14.5 Å². The van der Waals surface area contributed by atoms with Crippen LogP contribution in [0, 0.1) is 0 Å². The van der Waals surface area contributed by atoms with E-state index in [1.54, 1.807) is 0 Å². The van der Waals surface area contributed by atoms with E-state index in [2.05, 4.69) is 54.3 Å². The molecule has 1 fully saturated rings. The molecule has 5 nitrogen and oxygen atoms in total. The Hall–Kier alpha value is -3.05. The second kappa shape index (κ2) is 7.41.